The van der Waals surface area contributed by atoms with Gasteiger partial charge in [0.25, 0.3) is 0 Å². The minimum Gasteiger partial charge on any atom is -0.356 e. The highest BCUT2D eigenvalue weighted by molar-refractivity contribution is 9.10. The number of halogens is 1. The van der Waals surface area contributed by atoms with Gasteiger partial charge >= 0.3 is 0 Å². The molecule has 0 saturated heterocycles. The van der Waals surface area contributed by atoms with Crippen LogP contribution in [0.2, 0.25) is 0 Å². The predicted molar refractivity (Wildman–Crippen MR) is 58.2 cm³/mol. The summed E-state index contributed by atoms with van der Waals surface area (Å²) in [7, 11) is 3.11. The first-order chi connectivity index (χ1) is 7.21. The first-order valence-corrected chi connectivity index (χ1v) is 5.10. The van der Waals surface area contributed by atoms with E-state index < -0.39 is 0 Å². The number of rotatable bonds is 4. The quantitative estimate of drug-likeness (QED) is 0.784. The molecule has 1 aromatic heterocycles. The number of aromatic nitrogens is 1. The normalized spacial score (nSPS) is 10.3. The van der Waals surface area contributed by atoms with Crippen LogP contribution in [0.25, 0.3) is 0 Å². The van der Waals surface area contributed by atoms with E-state index in [2.05, 4.69) is 27.0 Å². The maximum Gasteiger partial charge on any atom is 0.162 e. The summed E-state index contributed by atoms with van der Waals surface area (Å²) in [5.41, 5.74) is 1.21. The number of methoxy groups -OCH3 is 2. The molecule has 0 saturated carbocycles. The standard InChI is InChI=1S/C10H11BrN2O2/c1-14-10(15-2)4-9-7(5-12)3-8(11)6-13-9/h3,6,10H,4H2,1-2H3. The number of nitriles is 1. The number of hydrogen-bond acceptors (Lipinski definition) is 4. The highest BCUT2D eigenvalue weighted by Gasteiger charge is 2.11. The molecule has 15 heavy (non-hydrogen) atoms. The lowest BCUT2D eigenvalue weighted by Crippen LogP contribution is -2.17. The first-order valence-electron chi connectivity index (χ1n) is 4.31. The SMILES string of the molecule is COC(Cc1ncc(Br)cc1C#N)OC. The zero-order chi connectivity index (χ0) is 11.3. The third-order valence-corrected chi connectivity index (χ3v) is 2.38. The van der Waals surface area contributed by atoms with Gasteiger partial charge in [-0.25, -0.2) is 0 Å². The van der Waals surface area contributed by atoms with Crippen molar-refractivity contribution < 1.29 is 9.47 Å². The van der Waals surface area contributed by atoms with Gasteiger partial charge in [-0.1, -0.05) is 0 Å². The van der Waals surface area contributed by atoms with E-state index in [9.17, 15) is 0 Å². The Morgan fingerprint density at radius 1 is 1.53 bits per heavy atom. The van der Waals surface area contributed by atoms with Crippen molar-refractivity contribution in [2.45, 2.75) is 12.7 Å². The van der Waals surface area contributed by atoms with Crippen molar-refractivity contribution in [1.29, 1.82) is 5.26 Å². The van der Waals surface area contributed by atoms with E-state index in [1.807, 2.05) is 0 Å². The molecule has 1 heterocycles. The van der Waals surface area contributed by atoms with E-state index in [0.29, 0.717) is 17.7 Å². The van der Waals surface area contributed by atoms with E-state index in [-0.39, 0.29) is 6.29 Å². The Morgan fingerprint density at radius 2 is 2.20 bits per heavy atom. The van der Waals surface area contributed by atoms with Crippen molar-refractivity contribution in [3.8, 4) is 6.07 Å². The van der Waals surface area contributed by atoms with Crippen LogP contribution in [0, 0.1) is 11.3 Å². The van der Waals surface area contributed by atoms with Crippen LogP contribution in [-0.2, 0) is 15.9 Å². The maximum absolute atomic E-state index is 8.91. The summed E-state index contributed by atoms with van der Waals surface area (Å²) in [5.74, 6) is 0. The van der Waals surface area contributed by atoms with Crippen molar-refractivity contribution in [1.82, 2.24) is 4.98 Å². The average molecular weight is 271 g/mol. The van der Waals surface area contributed by atoms with Crippen molar-refractivity contribution in [2.24, 2.45) is 0 Å². The van der Waals surface area contributed by atoms with Crippen LogP contribution in [0.3, 0.4) is 0 Å². The number of nitrogens with zero attached hydrogens (tertiary/aromatic N) is 2. The monoisotopic (exact) mass is 270 g/mol. The van der Waals surface area contributed by atoms with Crippen LogP contribution in [0.15, 0.2) is 16.7 Å². The Kier molecular flexibility index (Phi) is 4.69. The lowest BCUT2D eigenvalue weighted by molar-refractivity contribution is -0.101. The summed E-state index contributed by atoms with van der Waals surface area (Å²) >= 11 is 3.26. The second-order valence-electron chi connectivity index (χ2n) is 2.86. The lowest BCUT2D eigenvalue weighted by atomic mass is 10.1. The second-order valence-corrected chi connectivity index (χ2v) is 3.78. The summed E-state index contributed by atoms with van der Waals surface area (Å²) < 4.78 is 10.9. The molecule has 0 atom stereocenters. The number of ether oxygens (including phenoxy) is 2. The van der Waals surface area contributed by atoms with Gasteiger partial charge in [0.15, 0.2) is 6.29 Å². The summed E-state index contributed by atoms with van der Waals surface area (Å²) in [6.45, 7) is 0. The fourth-order valence-electron chi connectivity index (χ4n) is 1.15. The summed E-state index contributed by atoms with van der Waals surface area (Å²) in [4.78, 5) is 4.16. The Balaban J connectivity index is 2.90. The molecule has 5 heteroatoms. The summed E-state index contributed by atoms with van der Waals surface area (Å²) in [5, 5.41) is 8.91. The van der Waals surface area contributed by atoms with Crippen molar-refractivity contribution >= 4 is 15.9 Å². The molecule has 0 aliphatic carbocycles. The summed E-state index contributed by atoms with van der Waals surface area (Å²) in [6.07, 6.45) is 1.74. The van der Waals surface area contributed by atoms with Crippen LogP contribution in [-0.4, -0.2) is 25.5 Å². The molecule has 0 aliphatic heterocycles. The van der Waals surface area contributed by atoms with Gasteiger partial charge in [0.1, 0.15) is 6.07 Å². The number of hydrogen-bond donors (Lipinski definition) is 0. The fourth-order valence-corrected chi connectivity index (χ4v) is 1.48. The topological polar surface area (TPSA) is 55.1 Å². The molecular weight excluding hydrogens is 260 g/mol. The molecule has 0 aliphatic rings. The molecule has 0 unspecified atom stereocenters. The molecule has 4 nitrogen and oxygen atoms in total. The lowest BCUT2D eigenvalue weighted by Gasteiger charge is -2.13. The zero-order valence-corrected chi connectivity index (χ0v) is 10.1. The molecule has 0 N–H and O–H groups in total. The van der Waals surface area contributed by atoms with Gasteiger partial charge in [-0.05, 0) is 22.0 Å². The van der Waals surface area contributed by atoms with Crippen LogP contribution >= 0.6 is 15.9 Å². The molecule has 80 valence electrons. The third kappa shape index (κ3) is 3.27. The molecule has 0 aromatic carbocycles. The van der Waals surface area contributed by atoms with Crippen LogP contribution < -0.4 is 0 Å². The molecule has 0 spiro atoms. The van der Waals surface area contributed by atoms with Crippen LogP contribution in [0.5, 0.6) is 0 Å². The first kappa shape index (κ1) is 12.1. The van der Waals surface area contributed by atoms with Gasteiger partial charge in [0.05, 0.1) is 11.3 Å². The van der Waals surface area contributed by atoms with Gasteiger partial charge in [0.2, 0.25) is 0 Å². The van der Waals surface area contributed by atoms with Gasteiger partial charge in [0, 0.05) is 31.3 Å². The Morgan fingerprint density at radius 3 is 2.73 bits per heavy atom. The number of pyridine rings is 1. The van der Waals surface area contributed by atoms with Gasteiger partial charge in [-0.2, -0.15) is 5.26 Å². The minimum absolute atomic E-state index is 0.370. The zero-order valence-electron chi connectivity index (χ0n) is 8.53. The van der Waals surface area contributed by atoms with Crippen molar-refractivity contribution in [2.75, 3.05) is 14.2 Å². The highest BCUT2D eigenvalue weighted by atomic mass is 79.9. The van der Waals surface area contributed by atoms with Gasteiger partial charge in [-0.15, -0.1) is 0 Å². The van der Waals surface area contributed by atoms with Gasteiger partial charge < -0.3 is 9.47 Å². The van der Waals surface area contributed by atoms with Crippen LogP contribution in [0.4, 0.5) is 0 Å². The molecule has 0 fully saturated rings. The van der Waals surface area contributed by atoms with E-state index >= 15 is 0 Å². The van der Waals surface area contributed by atoms with Crippen molar-refractivity contribution in [3.63, 3.8) is 0 Å². The average Bonchev–Trinajstić information content (AvgIpc) is 2.27. The summed E-state index contributed by atoms with van der Waals surface area (Å²) in [6, 6.07) is 3.81. The maximum atomic E-state index is 8.91. The van der Waals surface area contributed by atoms with E-state index in [1.165, 1.54) is 0 Å². The van der Waals surface area contributed by atoms with Gasteiger partial charge in [-0.3, -0.25) is 4.98 Å². The molecule has 0 amide bonds. The minimum atomic E-state index is -0.370. The smallest absolute Gasteiger partial charge is 0.162 e. The predicted octanol–water partition coefficient (Wildman–Crippen LogP) is 1.88. The van der Waals surface area contributed by atoms with Crippen LogP contribution in [0.1, 0.15) is 11.3 Å². The molecule has 0 bridgehead atoms. The molecule has 1 rings (SSSR count). The molecular formula is C10H11BrN2O2. The largest absolute Gasteiger partial charge is 0.356 e. The van der Waals surface area contributed by atoms with Crippen molar-refractivity contribution in [3.05, 3.63) is 28.0 Å². The highest BCUT2D eigenvalue weighted by Crippen LogP contribution is 2.15. The Hall–Kier alpha value is -0.960. The Bertz CT molecular complexity index is 372. The van der Waals surface area contributed by atoms with E-state index in [4.69, 9.17) is 14.7 Å². The fraction of sp³-hybridized carbons (Fsp3) is 0.400. The molecule has 1 aromatic rings. The Labute approximate surface area is 97.0 Å². The second kappa shape index (κ2) is 5.81. The third-order valence-electron chi connectivity index (χ3n) is 1.94. The van der Waals surface area contributed by atoms with E-state index in [1.54, 1.807) is 26.5 Å². The molecule has 0 radical (unpaired) electrons. The van der Waals surface area contributed by atoms with E-state index in [0.717, 1.165) is 4.47 Å².